The van der Waals surface area contributed by atoms with Crippen LogP contribution >= 0.6 is 0 Å². The van der Waals surface area contributed by atoms with Crippen molar-refractivity contribution in [2.75, 3.05) is 18.4 Å². The van der Waals surface area contributed by atoms with E-state index in [1.165, 1.54) is 0 Å². The van der Waals surface area contributed by atoms with Crippen LogP contribution in [0.4, 0.5) is 5.69 Å². The Morgan fingerprint density at radius 1 is 1.22 bits per heavy atom. The van der Waals surface area contributed by atoms with Gasteiger partial charge in [-0.15, -0.1) is 0 Å². The number of hydrogen-bond donors (Lipinski definition) is 2. The van der Waals surface area contributed by atoms with E-state index in [9.17, 15) is 14.4 Å². The zero-order valence-corrected chi connectivity index (χ0v) is 18.0. The first-order chi connectivity index (χ1) is 15.5. The van der Waals surface area contributed by atoms with Crippen molar-refractivity contribution < 1.29 is 14.4 Å². The van der Waals surface area contributed by atoms with Crippen molar-refractivity contribution in [3.05, 3.63) is 53.6 Å². The third kappa shape index (κ3) is 5.16. The molecule has 1 unspecified atom stereocenters. The second kappa shape index (κ2) is 9.67. The van der Waals surface area contributed by atoms with Gasteiger partial charge in [0, 0.05) is 49.4 Å². The Labute approximate surface area is 186 Å². The maximum absolute atomic E-state index is 12.6. The highest BCUT2D eigenvalue weighted by Crippen LogP contribution is 2.26. The third-order valence-corrected chi connectivity index (χ3v) is 5.79. The van der Waals surface area contributed by atoms with Gasteiger partial charge in [0.25, 0.3) is 5.91 Å². The van der Waals surface area contributed by atoms with Crippen LogP contribution in [-0.2, 0) is 9.59 Å². The summed E-state index contributed by atoms with van der Waals surface area (Å²) in [4.78, 5) is 47.2. The van der Waals surface area contributed by atoms with Gasteiger partial charge in [0.1, 0.15) is 5.82 Å². The van der Waals surface area contributed by atoms with Gasteiger partial charge in [0.2, 0.25) is 11.8 Å². The van der Waals surface area contributed by atoms with Crippen molar-refractivity contribution in [3.63, 3.8) is 0 Å². The van der Waals surface area contributed by atoms with Gasteiger partial charge in [-0.05, 0) is 38.3 Å². The molecule has 0 spiro atoms. The zero-order chi connectivity index (χ0) is 22.5. The molecule has 0 aliphatic carbocycles. The van der Waals surface area contributed by atoms with Gasteiger partial charge >= 0.3 is 0 Å². The van der Waals surface area contributed by atoms with Crippen LogP contribution in [0.5, 0.6) is 0 Å². The largest absolute Gasteiger partial charge is 0.342 e. The molecule has 1 atom stereocenters. The molecule has 0 bridgehead atoms. The van der Waals surface area contributed by atoms with Crippen LogP contribution in [0, 0.1) is 6.92 Å². The van der Waals surface area contributed by atoms with Gasteiger partial charge in [-0.3, -0.25) is 14.4 Å². The molecule has 9 heteroatoms. The van der Waals surface area contributed by atoms with Crippen LogP contribution in [0.1, 0.15) is 59.9 Å². The van der Waals surface area contributed by atoms with Crippen LogP contribution in [0.15, 0.2) is 41.6 Å². The van der Waals surface area contributed by atoms with Crippen molar-refractivity contribution in [3.8, 4) is 0 Å². The SMILES string of the molecule is Cc1nc(C2CCN(C(=O)CCC3=NNC(=O)CC3)C2)ncc1C(=O)Nc1ccccc1. The minimum atomic E-state index is -0.245. The summed E-state index contributed by atoms with van der Waals surface area (Å²) in [6.45, 7) is 3.02. The Morgan fingerprint density at radius 2 is 2.03 bits per heavy atom. The zero-order valence-electron chi connectivity index (χ0n) is 18.0. The molecular formula is C23H26N6O3. The second-order valence-electron chi connectivity index (χ2n) is 8.09. The maximum Gasteiger partial charge on any atom is 0.259 e. The van der Waals surface area contributed by atoms with E-state index in [0.29, 0.717) is 61.5 Å². The fourth-order valence-corrected chi connectivity index (χ4v) is 3.92. The first-order valence-electron chi connectivity index (χ1n) is 10.8. The van der Waals surface area contributed by atoms with Crippen molar-refractivity contribution in [1.29, 1.82) is 0 Å². The van der Waals surface area contributed by atoms with Crippen LogP contribution < -0.4 is 10.7 Å². The van der Waals surface area contributed by atoms with E-state index in [1.54, 1.807) is 13.1 Å². The predicted molar refractivity (Wildman–Crippen MR) is 119 cm³/mol. The van der Waals surface area contributed by atoms with Crippen molar-refractivity contribution in [2.24, 2.45) is 5.10 Å². The normalized spacial score (nSPS) is 18.2. The fourth-order valence-electron chi connectivity index (χ4n) is 3.92. The quantitative estimate of drug-likeness (QED) is 0.724. The summed E-state index contributed by atoms with van der Waals surface area (Å²) in [6, 6.07) is 9.25. The first-order valence-corrected chi connectivity index (χ1v) is 10.8. The highest BCUT2D eigenvalue weighted by atomic mass is 16.2. The monoisotopic (exact) mass is 434 g/mol. The van der Waals surface area contributed by atoms with Crippen molar-refractivity contribution in [2.45, 2.75) is 44.9 Å². The topological polar surface area (TPSA) is 117 Å². The average molecular weight is 435 g/mol. The lowest BCUT2D eigenvalue weighted by atomic mass is 10.1. The number of para-hydroxylation sites is 1. The number of nitrogens with zero attached hydrogens (tertiary/aromatic N) is 4. The molecule has 2 aromatic rings. The molecule has 0 saturated carbocycles. The van der Waals surface area contributed by atoms with Gasteiger partial charge in [-0.1, -0.05) is 18.2 Å². The molecule has 2 N–H and O–H groups in total. The number of likely N-dealkylation sites (tertiary alicyclic amines) is 1. The lowest BCUT2D eigenvalue weighted by molar-refractivity contribution is -0.130. The number of amides is 3. The van der Waals surface area contributed by atoms with Gasteiger partial charge in [0.15, 0.2) is 0 Å². The van der Waals surface area contributed by atoms with Gasteiger partial charge in [-0.2, -0.15) is 5.10 Å². The number of rotatable bonds is 6. The molecule has 2 aliphatic heterocycles. The number of hydrazone groups is 1. The highest BCUT2D eigenvalue weighted by molar-refractivity contribution is 6.04. The number of aromatic nitrogens is 2. The van der Waals surface area contributed by atoms with Crippen molar-refractivity contribution >= 4 is 29.1 Å². The Balaban J connectivity index is 1.32. The van der Waals surface area contributed by atoms with E-state index in [-0.39, 0.29) is 23.6 Å². The Bertz CT molecular complexity index is 1050. The molecule has 1 saturated heterocycles. The minimum Gasteiger partial charge on any atom is -0.342 e. The van der Waals surface area contributed by atoms with Crippen LogP contribution in [0.2, 0.25) is 0 Å². The average Bonchev–Trinajstić information content (AvgIpc) is 3.29. The summed E-state index contributed by atoms with van der Waals surface area (Å²) in [6.07, 6.45) is 4.32. The van der Waals surface area contributed by atoms with E-state index >= 15 is 0 Å². The molecule has 9 nitrogen and oxygen atoms in total. The molecule has 1 fully saturated rings. The molecule has 166 valence electrons. The predicted octanol–water partition coefficient (Wildman–Crippen LogP) is 2.40. The van der Waals surface area contributed by atoms with Crippen molar-refractivity contribution in [1.82, 2.24) is 20.3 Å². The van der Waals surface area contributed by atoms with Crippen LogP contribution in [0.3, 0.4) is 0 Å². The smallest absolute Gasteiger partial charge is 0.259 e. The first kappa shape index (κ1) is 21.6. The summed E-state index contributed by atoms with van der Waals surface area (Å²) in [7, 11) is 0. The number of benzene rings is 1. The Morgan fingerprint density at radius 3 is 2.75 bits per heavy atom. The fraction of sp³-hybridized carbons (Fsp3) is 0.391. The Kier molecular flexibility index (Phi) is 6.53. The molecule has 32 heavy (non-hydrogen) atoms. The number of anilines is 1. The molecule has 2 aliphatic rings. The van der Waals surface area contributed by atoms with Crippen LogP contribution in [-0.4, -0.2) is 51.4 Å². The summed E-state index contributed by atoms with van der Waals surface area (Å²) in [5.41, 5.74) is 5.09. The maximum atomic E-state index is 12.6. The van der Waals surface area contributed by atoms with E-state index < -0.39 is 0 Å². The lowest BCUT2D eigenvalue weighted by Crippen LogP contribution is -2.30. The molecule has 3 amide bonds. The highest BCUT2D eigenvalue weighted by Gasteiger charge is 2.29. The summed E-state index contributed by atoms with van der Waals surface area (Å²) in [5.74, 6) is 0.456. The van der Waals surface area contributed by atoms with Crippen LogP contribution in [0.25, 0.3) is 0 Å². The number of aryl methyl sites for hydroxylation is 1. The molecule has 1 aromatic heterocycles. The van der Waals surface area contributed by atoms with E-state index in [2.05, 4.69) is 25.8 Å². The molecule has 1 aromatic carbocycles. The van der Waals surface area contributed by atoms with E-state index in [4.69, 9.17) is 0 Å². The number of nitrogens with one attached hydrogen (secondary N) is 2. The summed E-state index contributed by atoms with van der Waals surface area (Å²) < 4.78 is 0. The molecule has 4 rings (SSSR count). The van der Waals surface area contributed by atoms with Gasteiger partial charge in [0.05, 0.1) is 11.3 Å². The number of hydrogen-bond acceptors (Lipinski definition) is 6. The lowest BCUT2D eigenvalue weighted by Gasteiger charge is -2.17. The van der Waals surface area contributed by atoms with Gasteiger partial charge in [-0.25, -0.2) is 15.4 Å². The van der Waals surface area contributed by atoms with Gasteiger partial charge < -0.3 is 10.2 Å². The van der Waals surface area contributed by atoms with E-state index in [1.807, 2.05) is 35.2 Å². The second-order valence-corrected chi connectivity index (χ2v) is 8.09. The molecule has 0 radical (unpaired) electrons. The summed E-state index contributed by atoms with van der Waals surface area (Å²) in [5, 5.41) is 6.87. The minimum absolute atomic E-state index is 0.0511. The summed E-state index contributed by atoms with van der Waals surface area (Å²) >= 11 is 0. The Hall–Kier alpha value is -3.62. The number of carbonyl (C=O) groups excluding carboxylic acids is 3. The standard InChI is InChI=1S/C23H26N6O3/c1-15-19(23(32)26-17-5-3-2-4-6-17)13-24-22(25-15)16-11-12-29(14-16)21(31)10-8-18-7-9-20(30)28-27-18/h2-6,13,16H,7-12,14H2,1H3,(H,26,32)(H,28,30). The van der Waals surface area contributed by atoms with E-state index in [0.717, 1.165) is 12.1 Å². The number of carbonyl (C=O) groups is 3. The molecule has 3 heterocycles. The molecular weight excluding hydrogens is 408 g/mol. The third-order valence-electron chi connectivity index (χ3n) is 5.79.